The topological polar surface area (TPSA) is 46.9 Å². The summed E-state index contributed by atoms with van der Waals surface area (Å²) in [6.07, 6.45) is 5.53. The van der Waals surface area contributed by atoms with Crippen LogP contribution >= 0.6 is 0 Å². The Morgan fingerprint density at radius 3 is 2.73 bits per heavy atom. The molecule has 1 aliphatic heterocycles. The fraction of sp³-hybridized carbons (Fsp3) is 0.111. The number of rotatable bonds is 0. The van der Waals surface area contributed by atoms with Crippen LogP contribution in [-0.4, -0.2) is 15.5 Å². The van der Waals surface area contributed by atoms with Gasteiger partial charge < -0.3 is 9.88 Å². The minimum absolute atomic E-state index is 0.0637. The molecule has 3 aromatic rings. The molecule has 1 N–H and O–H groups in total. The fourth-order valence-electron chi connectivity index (χ4n) is 2.51. The van der Waals surface area contributed by atoms with Gasteiger partial charge in [-0.3, -0.25) is 9.78 Å². The van der Waals surface area contributed by atoms with Crippen molar-refractivity contribution >= 4 is 28.1 Å². The van der Waals surface area contributed by atoms with Crippen LogP contribution in [0, 0.1) is 0 Å². The van der Waals surface area contributed by atoms with Crippen molar-refractivity contribution < 1.29 is 4.79 Å². The van der Waals surface area contributed by atoms with Crippen LogP contribution in [0.25, 0.3) is 16.5 Å². The second-order valence-electron chi connectivity index (χ2n) is 5.04. The van der Waals surface area contributed by atoms with E-state index in [0.29, 0.717) is 5.57 Å². The van der Waals surface area contributed by atoms with E-state index >= 15 is 0 Å². The molecule has 1 aromatic carbocycles. The van der Waals surface area contributed by atoms with Gasteiger partial charge in [-0.2, -0.15) is 0 Å². The summed E-state index contributed by atoms with van der Waals surface area (Å²) in [5, 5.41) is 4.04. The summed E-state index contributed by atoms with van der Waals surface area (Å²) in [5.74, 6) is -0.0637. The molecule has 0 fully saturated rings. The van der Waals surface area contributed by atoms with Crippen LogP contribution in [-0.2, 0) is 11.8 Å². The third-order valence-electron chi connectivity index (χ3n) is 3.64. The maximum absolute atomic E-state index is 11.2. The van der Waals surface area contributed by atoms with Gasteiger partial charge in [0.1, 0.15) is 0 Å². The van der Waals surface area contributed by atoms with Crippen LogP contribution < -0.4 is 5.32 Å². The number of para-hydroxylation sites is 1. The maximum Gasteiger partial charge on any atom is 0.257 e. The second-order valence-corrected chi connectivity index (χ2v) is 5.04. The zero-order chi connectivity index (χ0) is 15.5. The number of nitrogens with one attached hydrogen (secondary N) is 1. The SMILES string of the molecule is C/C=C1\C(=O)Nc2cccnc21.Cn1ccc2ccccc21. The summed E-state index contributed by atoms with van der Waals surface area (Å²) in [7, 11) is 2.06. The number of carbonyl (C=O) groups is 1. The molecular formula is C18H17N3O. The van der Waals surface area contributed by atoms with E-state index in [4.69, 9.17) is 0 Å². The lowest BCUT2D eigenvalue weighted by Gasteiger charge is -1.92. The molecule has 22 heavy (non-hydrogen) atoms. The molecule has 0 atom stereocenters. The molecule has 4 heteroatoms. The van der Waals surface area contributed by atoms with Crippen LogP contribution in [0.15, 0.2) is 60.9 Å². The predicted molar refractivity (Wildman–Crippen MR) is 89.4 cm³/mol. The van der Waals surface area contributed by atoms with Crippen LogP contribution in [0.2, 0.25) is 0 Å². The molecule has 2 aromatic heterocycles. The Kier molecular flexibility index (Phi) is 3.74. The number of pyridine rings is 1. The van der Waals surface area contributed by atoms with Gasteiger partial charge in [-0.25, -0.2) is 0 Å². The first kappa shape index (κ1) is 14.1. The summed E-state index contributed by atoms with van der Waals surface area (Å²) in [5.41, 5.74) is 3.51. The molecular weight excluding hydrogens is 274 g/mol. The van der Waals surface area contributed by atoms with Gasteiger partial charge in [-0.1, -0.05) is 24.3 Å². The second kappa shape index (κ2) is 5.85. The van der Waals surface area contributed by atoms with Crippen molar-refractivity contribution in [3.05, 3.63) is 66.6 Å². The summed E-state index contributed by atoms with van der Waals surface area (Å²) < 4.78 is 2.12. The Morgan fingerprint density at radius 2 is 1.95 bits per heavy atom. The number of hydrogen-bond acceptors (Lipinski definition) is 2. The van der Waals surface area contributed by atoms with Crippen LogP contribution in [0.3, 0.4) is 0 Å². The number of aryl methyl sites for hydroxylation is 1. The number of benzene rings is 1. The quantitative estimate of drug-likeness (QED) is 0.643. The largest absolute Gasteiger partial charge is 0.351 e. The molecule has 0 saturated heterocycles. The number of amides is 1. The first-order valence-electron chi connectivity index (χ1n) is 7.14. The molecule has 4 rings (SSSR count). The van der Waals surface area contributed by atoms with E-state index in [1.54, 1.807) is 18.3 Å². The van der Waals surface area contributed by atoms with Crippen molar-refractivity contribution in [2.24, 2.45) is 7.05 Å². The molecule has 1 aliphatic rings. The first-order valence-corrected chi connectivity index (χ1v) is 7.14. The normalized spacial score (nSPS) is 14.5. The lowest BCUT2D eigenvalue weighted by atomic mass is 10.2. The highest BCUT2D eigenvalue weighted by Crippen LogP contribution is 2.28. The lowest BCUT2D eigenvalue weighted by molar-refractivity contribution is -0.110. The van der Waals surface area contributed by atoms with Crippen LogP contribution in [0.1, 0.15) is 12.6 Å². The molecule has 3 heterocycles. The lowest BCUT2D eigenvalue weighted by Crippen LogP contribution is -2.03. The van der Waals surface area contributed by atoms with E-state index in [1.165, 1.54) is 10.9 Å². The summed E-state index contributed by atoms with van der Waals surface area (Å²) in [6.45, 7) is 1.83. The van der Waals surface area contributed by atoms with Crippen molar-refractivity contribution in [1.29, 1.82) is 0 Å². The Bertz CT molecular complexity index is 861. The van der Waals surface area contributed by atoms with Gasteiger partial charge in [0.15, 0.2) is 0 Å². The van der Waals surface area contributed by atoms with E-state index in [-0.39, 0.29) is 5.91 Å². The molecule has 0 aliphatic carbocycles. The monoisotopic (exact) mass is 291 g/mol. The molecule has 0 radical (unpaired) electrons. The number of fused-ring (bicyclic) bond motifs is 2. The Labute approximate surface area is 129 Å². The number of anilines is 1. The predicted octanol–water partition coefficient (Wildman–Crippen LogP) is 3.62. The van der Waals surface area contributed by atoms with Gasteiger partial charge in [-0.05, 0) is 36.6 Å². The number of aromatic nitrogens is 2. The smallest absolute Gasteiger partial charge is 0.257 e. The highest BCUT2D eigenvalue weighted by molar-refractivity contribution is 6.30. The van der Waals surface area contributed by atoms with Crippen molar-refractivity contribution in [2.75, 3.05) is 5.32 Å². The van der Waals surface area contributed by atoms with E-state index in [9.17, 15) is 4.79 Å². The molecule has 4 nitrogen and oxygen atoms in total. The third-order valence-corrected chi connectivity index (χ3v) is 3.64. The highest BCUT2D eigenvalue weighted by atomic mass is 16.2. The van der Waals surface area contributed by atoms with Gasteiger partial charge in [0, 0.05) is 25.0 Å². The molecule has 1 amide bonds. The zero-order valence-corrected chi connectivity index (χ0v) is 12.6. The minimum atomic E-state index is -0.0637. The summed E-state index contributed by atoms with van der Waals surface area (Å²) >= 11 is 0. The Hall–Kier alpha value is -2.88. The fourth-order valence-corrected chi connectivity index (χ4v) is 2.51. The van der Waals surface area contributed by atoms with Gasteiger partial charge in [0.25, 0.3) is 5.91 Å². The standard InChI is InChI=1S/C9H8N2O.C9H9N/c1-2-6-8-7(11-9(6)12)4-3-5-10-8;1-10-7-6-8-4-2-3-5-9(8)10/h2-5H,1H3,(H,11,12);2-7H,1H3/b6-2-;. The van der Waals surface area contributed by atoms with E-state index in [2.05, 4.69) is 58.4 Å². The van der Waals surface area contributed by atoms with Crippen molar-refractivity contribution in [1.82, 2.24) is 9.55 Å². The molecule has 0 unspecified atom stereocenters. The average Bonchev–Trinajstić information content (AvgIpc) is 3.08. The molecule has 0 spiro atoms. The van der Waals surface area contributed by atoms with Gasteiger partial charge in [0.05, 0.1) is 17.0 Å². The number of nitrogens with zero attached hydrogens (tertiary/aromatic N) is 2. The maximum atomic E-state index is 11.2. The van der Waals surface area contributed by atoms with Crippen molar-refractivity contribution in [3.63, 3.8) is 0 Å². The molecule has 0 bridgehead atoms. The van der Waals surface area contributed by atoms with Crippen molar-refractivity contribution in [3.8, 4) is 0 Å². The summed E-state index contributed by atoms with van der Waals surface area (Å²) in [6, 6.07) is 14.1. The van der Waals surface area contributed by atoms with Gasteiger partial charge >= 0.3 is 0 Å². The minimum Gasteiger partial charge on any atom is -0.351 e. The summed E-state index contributed by atoms with van der Waals surface area (Å²) in [4.78, 5) is 15.4. The van der Waals surface area contributed by atoms with E-state index in [0.717, 1.165) is 11.4 Å². The Balaban J connectivity index is 0.000000133. The number of carbonyl (C=O) groups excluding carboxylic acids is 1. The zero-order valence-electron chi connectivity index (χ0n) is 12.6. The van der Waals surface area contributed by atoms with Crippen molar-refractivity contribution in [2.45, 2.75) is 6.92 Å². The third kappa shape index (κ3) is 2.51. The molecule has 110 valence electrons. The van der Waals surface area contributed by atoms with Gasteiger partial charge in [-0.15, -0.1) is 0 Å². The van der Waals surface area contributed by atoms with E-state index < -0.39 is 0 Å². The average molecular weight is 291 g/mol. The molecule has 0 saturated carbocycles. The van der Waals surface area contributed by atoms with E-state index in [1.807, 2.05) is 13.0 Å². The Morgan fingerprint density at radius 1 is 1.14 bits per heavy atom. The van der Waals surface area contributed by atoms with Crippen LogP contribution in [0.5, 0.6) is 0 Å². The number of allylic oxidation sites excluding steroid dienone is 1. The highest BCUT2D eigenvalue weighted by Gasteiger charge is 2.23. The number of hydrogen-bond donors (Lipinski definition) is 1. The van der Waals surface area contributed by atoms with Crippen LogP contribution in [0.4, 0.5) is 5.69 Å². The first-order chi connectivity index (χ1) is 10.7. The van der Waals surface area contributed by atoms with Gasteiger partial charge in [0.2, 0.25) is 0 Å².